The minimum atomic E-state index is -0.636. The summed E-state index contributed by atoms with van der Waals surface area (Å²) in [6.45, 7) is 4.26. The Kier molecular flexibility index (Phi) is 8.77. The fourth-order valence-electron chi connectivity index (χ4n) is 4.67. The fraction of sp³-hybridized carbons (Fsp3) is 0.355. The maximum atomic E-state index is 13.7. The highest BCUT2D eigenvalue weighted by atomic mass is 16.5. The normalized spacial score (nSPS) is 14.3. The Labute approximate surface area is 214 Å². The first-order chi connectivity index (χ1) is 17.5. The predicted molar refractivity (Wildman–Crippen MR) is 143 cm³/mol. The monoisotopic (exact) mass is 484 g/mol. The summed E-state index contributed by atoms with van der Waals surface area (Å²) in [6, 6.07) is 25.2. The molecular formula is C31H36N2O3. The first-order valence-corrected chi connectivity index (χ1v) is 12.9. The van der Waals surface area contributed by atoms with Gasteiger partial charge >= 0.3 is 0 Å². The van der Waals surface area contributed by atoms with E-state index in [4.69, 9.17) is 4.74 Å². The standard InChI is InChI=1S/C31H36N2O3/c1-23-12-16-26(17-13-23)21-33(30(34)22-36-28-18-14-24(2)15-19-28)29(20-25-8-4-3-5-9-25)31(35)32-27-10-6-7-11-27/h3-5,8-9,12-19,27,29H,6-7,10-11,20-22H2,1-2H3,(H,32,35)/t29-/m0/s1. The van der Waals surface area contributed by atoms with Crippen LogP contribution < -0.4 is 10.1 Å². The van der Waals surface area contributed by atoms with E-state index in [1.54, 1.807) is 4.90 Å². The molecule has 5 nitrogen and oxygen atoms in total. The van der Waals surface area contributed by atoms with E-state index in [0.29, 0.717) is 18.7 Å². The lowest BCUT2D eigenvalue weighted by Gasteiger charge is -2.32. The van der Waals surface area contributed by atoms with E-state index in [1.807, 2.05) is 92.7 Å². The molecule has 4 rings (SSSR count). The van der Waals surface area contributed by atoms with Gasteiger partial charge in [0.25, 0.3) is 5.91 Å². The van der Waals surface area contributed by atoms with Crippen molar-refractivity contribution >= 4 is 11.8 Å². The minimum Gasteiger partial charge on any atom is -0.484 e. The molecule has 0 heterocycles. The van der Waals surface area contributed by atoms with Crippen LogP contribution in [0.5, 0.6) is 5.75 Å². The number of ether oxygens (including phenoxy) is 1. The molecule has 0 bridgehead atoms. The second kappa shape index (κ2) is 12.4. The minimum absolute atomic E-state index is 0.0958. The molecule has 2 amide bonds. The summed E-state index contributed by atoms with van der Waals surface area (Å²) in [5, 5.41) is 3.24. The third-order valence-electron chi connectivity index (χ3n) is 6.83. The number of rotatable bonds is 10. The van der Waals surface area contributed by atoms with Gasteiger partial charge in [-0.3, -0.25) is 9.59 Å². The molecule has 0 unspecified atom stereocenters. The van der Waals surface area contributed by atoms with E-state index in [9.17, 15) is 9.59 Å². The van der Waals surface area contributed by atoms with Crippen molar-refractivity contribution in [3.63, 3.8) is 0 Å². The summed E-state index contributed by atoms with van der Waals surface area (Å²) in [6.07, 6.45) is 4.69. The SMILES string of the molecule is Cc1ccc(CN(C(=O)COc2ccc(C)cc2)[C@@H](Cc2ccccc2)C(=O)NC2CCCC2)cc1. The number of carbonyl (C=O) groups is 2. The van der Waals surface area contributed by atoms with Crippen molar-refractivity contribution in [3.8, 4) is 5.75 Å². The second-order valence-electron chi connectivity index (χ2n) is 9.80. The van der Waals surface area contributed by atoms with Gasteiger partial charge in [-0.25, -0.2) is 0 Å². The highest BCUT2D eigenvalue weighted by molar-refractivity contribution is 5.88. The lowest BCUT2D eigenvalue weighted by molar-refractivity contribution is -0.143. The van der Waals surface area contributed by atoms with Crippen LogP contribution in [0.2, 0.25) is 0 Å². The molecule has 3 aromatic rings. The molecular weight excluding hydrogens is 448 g/mol. The summed E-state index contributed by atoms with van der Waals surface area (Å²) in [4.78, 5) is 29.0. The quantitative estimate of drug-likeness (QED) is 0.420. The molecule has 0 aliphatic heterocycles. The van der Waals surface area contributed by atoms with Crippen LogP contribution in [0.1, 0.15) is 47.9 Å². The van der Waals surface area contributed by atoms with E-state index < -0.39 is 6.04 Å². The number of hydrogen-bond donors (Lipinski definition) is 1. The molecule has 1 fully saturated rings. The van der Waals surface area contributed by atoms with Gasteiger partial charge in [-0.15, -0.1) is 0 Å². The van der Waals surface area contributed by atoms with Crippen molar-refractivity contribution in [2.75, 3.05) is 6.61 Å². The van der Waals surface area contributed by atoms with Gasteiger partial charge in [0.2, 0.25) is 5.91 Å². The Morgan fingerprint density at radius 2 is 1.47 bits per heavy atom. The average Bonchev–Trinajstić information content (AvgIpc) is 3.40. The number of carbonyl (C=O) groups excluding carboxylic acids is 2. The Morgan fingerprint density at radius 3 is 2.11 bits per heavy atom. The molecule has 1 saturated carbocycles. The lowest BCUT2D eigenvalue weighted by Crippen LogP contribution is -2.53. The first kappa shape index (κ1) is 25.5. The van der Waals surface area contributed by atoms with Crippen molar-refractivity contribution < 1.29 is 14.3 Å². The number of benzene rings is 3. The van der Waals surface area contributed by atoms with Crippen molar-refractivity contribution in [1.82, 2.24) is 10.2 Å². The molecule has 3 aromatic carbocycles. The summed E-state index contributed by atoms with van der Waals surface area (Å²) < 4.78 is 5.85. The Hall–Kier alpha value is -3.60. The van der Waals surface area contributed by atoms with Crippen LogP contribution in [0.15, 0.2) is 78.9 Å². The highest BCUT2D eigenvalue weighted by Crippen LogP contribution is 2.20. The Balaban J connectivity index is 1.59. The molecule has 1 atom stereocenters. The molecule has 188 valence electrons. The average molecular weight is 485 g/mol. The van der Waals surface area contributed by atoms with E-state index in [-0.39, 0.29) is 24.5 Å². The highest BCUT2D eigenvalue weighted by Gasteiger charge is 2.32. The van der Waals surface area contributed by atoms with Crippen LogP contribution in [0.3, 0.4) is 0 Å². The van der Waals surface area contributed by atoms with Crippen molar-refractivity contribution in [3.05, 3.63) is 101 Å². The predicted octanol–water partition coefficient (Wildman–Crippen LogP) is 5.38. The second-order valence-corrected chi connectivity index (χ2v) is 9.80. The smallest absolute Gasteiger partial charge is 0.261 e. The zero-order valence-corrected chi connectivity index (χ0v) is 21.3. The van der Waals surface area contributed by atoms with Gasteiger partial charge < -0.3 is 15.0 Å². The van der Waals surface area contributed by atoms with Crippen molar-refractivity contribution in [2.24, 2.45) is 0 Å². The molecule has 5 heteroatoms. The third kappa shape index (κ3) is 7.20. The first-order valence-electron chi connectivity index (χ1n) is 12.9. The number of amides is 2. The van der Waals surface area contributed by atoms with Gasteiger partial charge in [-0.2, -0.15) is 0 Å². The molecule has 0 radical (unpaired) electrons. The van der Waals surface area contributed by atoms with Crippen LogP contribution in [0.25, 0.3) is 0 Å². The zero-order valence-electron chi connectivity index (χ0n) is 21.3. The molecule has 0 spiro atoms. The third-order valence-corrected chi connectivity index (χ3v) is 6.83. The Morgan fingerprint density at radius 1 is 0.861 bits per heavy atom. The Bertz CT molecular complexity index is 1120. The van der Waals surface area contributed by atoms with Gasteiger partial charge in [0.15, 0.2) is 6.61 Å². The number of hydrogen-bond acceptors (Lipinski definition) is 3. The van der Waals surface area contributed by atoms with Crippen LogP contribution in [-0.4, -0.2) is 35.4 Å². The number of nitrogens with one attached hydrogen (secondary N) is 1. The maximum Gasteiger partial charge on any atom is 0.261 e. The van der Waals surface area contributed by atoms with Gasteiger partial charge in [-0.1, -0.05) is 90.7 Å². The molecule has 0 aromatic heterocycles. The maximum absolute atomic E-state index is 13.7. The number of nitrogens with zero attached hydrogens (tertiary/aromatic N) is 1. The van der Waals surface area contributed by atoms with E-state index in [0.717, 1.165) is 47.9 Å². The van der Waals surface area contributed by atoms with Crippen LogP contribution in [0.4, 0.5) is 0 Å². The molecule has 1 N–H and O–H groups in total. The van der Waals surface area contributed by atoms with Gasteiger partial charge in [-0.05, 0) is 49.9 Å². The summed E-state index contributed by atoms with van der Waals surface area (Å²) >= 11 is 0. The van der Waals surface area contributed by atoms with Crippen molar-refractivity contribution in [2.45, 2.75) is 64.6 Å². The van der Waals surface area contributed by atoms with E-state index in [2.05, 4.69) is 5.32 Å². The van der Waals surface area contributed by atoms with E-state index >= 15 is 0 Å². The van der Waals surface area contributed by atoms with Crippen LogP contribution >= 0.6 is 0 Å². The van der Waals surface area contributed by atoms with Crippen molar-refractivity contribution in [1.29, 1.82) is 0 Å². The van der Waals surface area contributed by atoms with Crippen LogP contribution in [-0.2, 0) is 22.6 Å². The van der Waals surface area contributed by atoms with Crippen LogP contribution in [0, 0.1) is 13.8 Å². The summed E-state index contributed by atoms with van der Waals surface area (Å²) in [5.41, 5.74) is 4.28. The van der Waals surface area contributed by atoms with E-state index in [1.165, 1.54) is 0 Å². The molecule has 1 aliphatic rings. The lowest BCUT2D eigenvalue weighted by atomic mass is 10.0. The largest absolute Gasteiger partial charge is 0.484 e. The zero-order chi connectivity index (χ0) is 25.3. The topological polar surface area (TPSA) is 58.6 Å². The molecule has 36 heavy (non-hydrogen) atoms. The summed E-state index contributed by atoms with van der Waals surface area (Å²) in [7, 11) is 0. The number of aryl methyl sites for hydroxylation is 2. The fourth-order valence-corrected chi connectivity index (χ4v) is 4.67. The molecule has 1 aliphatic carbocycles. The van der Waals surface area contributed by atoms with Gasteiger partial charge in [0.1, 0.15) is 11.8 Å². The van der Waals surface area contributed by atoms with Gasteiger partial charge in [0.05, 0.1) is 0 Å². The summed E-state index contributed by atoms with van der Waals surface area (Å²) in [5.74, 6) is 0.333. The van der Waals surface area contributed by atoms with Gasteiger partial charge in [0, 0.05) is 19.0 Å². The molecule has 0 saturated heterocycles.